The van der Waals surface area contributed by atoms with Gasteiger partial charge < -0.3 is 5.32 Å². The van der Waals surface area contributed by atoms with Crippen LogP contribution in [0.15, 0.2) is 17.5 Å². The minimum atomic E-state index is 0.245. The summed E-state index contributed by atoms with van der Waals surface area (Å²) in [5, 5.41) is 5.97. The summed E-state index contributed by atoms with van der Waals surface area (Å²) in [7, 11) is 0. The second-order valence-electron chi connectivity index (χ2n) is 7.50. The summed E-state index contributed by atoms with van der Waals surface area (Å²) in [6.07, 6.45) is 2.56. The molecule has 1 aromatic heterocycles. The van der Waals surface area contributed by atoms with E-state index in [1.165, 1.54) is 24.3 Å². The molecule has 1 saturated heterocycles. The van der Waals surface area contributed by atoms with Crippen molar-refractivity contribution in [2.75, 3.05) is 19.6 Å². The maximum absolute atomic E-state index is 3.76. The maximum atomic E-state index is 3.76. The van der Waals surface area contributed by atoms with E-state index in [1.807, 2.05) is 11.3 Å². The zero-order chi connectivity index (χ0) is 15.5. The molecule has 1 aromatic rings. The van der Waals surface area contributed by atoms with Crippen LogP contribution in [0.5, 0.6) is 0 Å². The van der Waals surface area contributed by atoms with Crippen LogP contribution in [0.4, 0.5) is 0 Å². The van der Waals surface area contributed by atoms with Crippen molar-refractivity contribution < 1.29 is 0 Å². The highest BCUT2D eigenvalue weighted by Gasteiger charge is 2.34. The van der Waals surface area contributed by atoms with Crippen LogP contribution in [0.25, 0.3) is 0 Å². The Balaban J connectivity index is 2.08. The van der Waals surface area contributed by atoms with Gasteiger partial charge in [-0.15, -0.1) is 11.3 Å². The van der Waals surface area contributed by atoms with Gasteiger partial charge in [-0.2, -0.15) is 0 Å². The van der Waals surface area contributed by atoms with Crippen molar-refractivity contribution in [1.29, 1.82) is 0 Å². The Labute approximate surface area is 134 Å². The van der Waals surface area contributed by atoms with Gasteiger partial charge in [0.05, 0.1) is 0 Å². The smallest absolute Gasteiger partial charge is 0.0244 e. The summed E-state index contributed by atoms with van der Waals surface area (Å²) >= 11 is 1.90. The van der Waals surface area contributed by atoms with Crippen LogP contribution in [0.3, 0.4) is 0 Å². The van der Waals surface area contributed by atoms with Crippen molar-refractivity contribution in [1.82, 2.24) is 10.2 Å². The van der Waals surface area contributed by atoms with Gasteiger partial charge in [0.15, 0.2) is 0 Å². The third-order valence-electron chi connectivity index (χ3n) is 4.73. The molecule has 2 rings (SSSR count). The van der Waals surface area contributed by atoms with E-state index in [-0.39, 0.29) is 5.41 Å². The van der Waals surface area contributed by atoms with Crippen molar-refractivity contribution in [3.8, 4) is 0 Å². The van der Waals surface area contributed by atoms with E-state index < -0.39 is 0 Å². The molecule has 1 aliphatic rings. The molecular formula is C18H32N2S. The second kappa shape index (κ2) is 7.26. The fraction of sp³-hybridized carbons (Fsp3) is 0.778. The van der Waals surface area contributed by atoms with Gasteiger partial charge in [-0.05, 0) is 23.8 Å². The normalized spacial score (nSPS) is 24.7. The molecule has 1 N–H and O–H groups in total. The molecule has 0 bridgehead atoms. The Morgan fingerprint density at radius 1 is 1.43 bits per heavy atom. The second-order valence-corrected chi connectivity index (χ2v) is 8.44. The van der Waals surface area contributed by atoms with E-state index in [2.05, 4.69) is 62.3 Å². The van der Waals surface area contributed by atoms with Gasteiger partial charge in [0.2, 0.25) is 0 Å². The average Bonchev–Trinajstić information content (AvgIpc) is 2.93. The van der Waals surface area contributed by atoms with E-state index in [1.54, 1.807) is 0 Å². The highest BCUT2D eigenvalue weighted by atomic mass is 32.1. The van der Waals surface area contributed by atoms with E-state index >= 15 is 0 Å². The summed E-state index contributed by atoms with van der Waals surface area (Å²) in [5.74, 6) is 0.708. The molecule has 0 radical (unpaired) electrons. The van der Waals surface area contributed by atoms with Crippen LogP contribution < -0.4 is 5.32 Å². The molecule has 1 aliphatic heterocycles. The van der Waals surface area contributed by atoms with Gasteiger partial charge in [-0.25, -0.2) is 0 Å². The molecule has 0 aliphatic carbocycles. The summed E-state index contributed by atoms with van der Waals surface area (Å²) < 4.78 is 0. The van der Waals surface area contributed by atoms with Gasteiger partial charge in [0, 0.05) is 42.0 Å². The molecule has 21 heavy (non-hydrogen) atoms. The molecule has 3 heteroatoms. The first-order valence-electron chi connectivity index (χ1n) is 8.45. The van der Waals surface area contributed by atoms with Gasteiger partial charge in [0.25, 0.3) is 0 Å². The van der Waals surface area contributed by atoms with E-state index in [0.717, 1.165) is 13.1 Å². The topological polar surface area (TPSA) is 15.3 Å². The Hall–Kier alpha value is -0.380. The van der Waals surface area contributed by atoms with Crippen molar-refractivity contribution in [3.63, 3.8) is 0 Å². The summed E-state index contributed by atoms with van der Waals surface area (Å²) in [4.78, 5) is 4.26. The van der Waals surface area contributed by atoms with Gasteiger partial charge in [-0.1, -0.05) is 47.1 Å². The summed E-state index contributed by atoms with van der Waals surface area (Å²) in [6, 6.07) is 5.81. The molecule has 0 aromatic carbocycles. The number of hydrogen-bond donors (Lipinski definition) is 1. The lowest BCUT2D eigenvalue weighted by Crippen LogP contribution is -2.60. The van der Waals surface area contributed by atoms with Crippen LogP contribution >= 0.6 is 11.3 Å². The zero-order valence-corrected chi connectivity index (χ0v) is 15.2. The van der Waals surface area contributed by atoms with Crippen molar-refractivity contribution in [2.45, 2.75) is 65.0 Å². The van der Waals surface area contributed by atoms with Crippen LogP contribution in [0.2, 0.25) is 0 Å². The fourth-order valence-electron chi connectivity index (χ4n) is 3.53. The zero-order valence-electron chi connectivity index (χ0n) is 14.4. The third-order valence-corrected chi connectivity index (χ3v) is 5.97. The Bertz CT molecular complexity index is 411. The quantitative estimate of drug-likeness (QED) is 0.850. The molecule has 2 atom stereocenters. The lowest BCUT2D eigenvalue weighted by molar-refractivity contribution is 0.0770. The minimum absolute atomic E-state index is 0.245. The lowest BCUT2D eigenvalue weighted by atomic mass is 9.87. The van der Waals surface area contributed by atoms with Gasteiger partial charge in [-0.3, -0.25) is 4.90 Å². The molecule has 0 saturated carbocycles. The van der Waals surface area contributed by atoms with Crippen LogP contribution in [-0.2, 0) is 5.41 Å². The standard InChI is InChI=1S/C18H32N2S/c1-6-8-15-12-20(16(11-19-15)14(2)3)13-18(4,5)17-9-7-10-21-17/h7,9-10,14-16,19H,6,8,11-13H2,1-5H3. The number of piperazine rings is 1. The Morgan fingerprint density at radius 2 is 2.19 bits per heavy atom. The predicted octanol–water partition coefficient (Wildman–Crippen LogP) is 4.12. The van der Waals surface area contributed by atoms with Crippen LogP contribution in [-0.4, -0.2) is 36.6 Å². The fourth-order valence-corrected chi connectivity index (χ4v) is 4.37. The highest BCUT2D eigenvalue weighted by molar-refractivity contribution is 7.10. The van der Waals surface area contributed by atoms with Crippen molar-refractivity contribution >= 4 is 11.3 Å². The molecule has 120 valence electrons. The minimum Gasteiger partial charge on any atom is -0.311 e. The predicted molar refractivity (Wildman–Crippen MR) is 94.2 cm³/mol. The molecule has 1 fully saturated rings. The highest BCUT2D eigenvalue weighted by Crippen LogP contribution is 2.30. The molecular weight excluding hydrogens is 276 g/mol. The number of nitrogens with one attached hydrogen (secondary N) is 1. The first kappa shape index (κ1) is 17.0. The molecule has 0 amide bonds. The van der Waals surface area contributed by atoms with Crippen molar-refractivity contribution in [3.05, 3.63) is 22.4 Å². The third kappa shape index (κ3) is 4.30. The summed E-state index contributed by atoms with van der Waals surface area (Å²) in [5.41, 5.74) is 0.245. The molecule has 2 nitrogen and oxygen atoms in total. The monoisotopic (exact) mass is 308 g/mol. The largest absolute Gasteiger partial charge is 0.311 e. The van der Waals surface area contributed by atoms with E-state index in [0.29, 0.717) is 18.0 Å². The number of rotatable bonds is 6. The van der Waals surface area contributed by atoms with E-state index in [9.17, 15) is 0 Å². The van der Waals surface area contributed by atoms with Crippen LogP contribution in [0, 0.1) is 5.92 Å². The van der Waals surface area contributed by atoms with Gasteiger partial charge >= 0.3 is 0 Å². The Morgan fingerprint density at radius 3 is 2.76 bits per heavy atom. The first-order chi connectivity index (χ1) is 9.94. The maximum Gasteiger partial charge on any atom is 0.0244 e. The first-order valence-corrected chi connectivity index (χ1v) is 9.33. The molecule has 0 spiro atoms. The SMILES string of the molecule is CCCC1CN(CC(C)(C)c2cccs2)C(C(C)C)CN1. The number of hydrogen-bond acceptors (Lipinski definition) is 3. The lowest BCUT2D eigenvalue weighted by Gasteiger charge is -2.45. The molecule has 2 heterocycles. The van der Waals surface area contributed by atoms with E-state index in [4.69, 9.17) is 0 Å². The van der Waals surface area contributed by atoms with Gasteiger partial charge in [0.1, 0.15) is 0 Å². The summed E-state index contributed by atoms with van der Waals surface area (Å²) in [6.45, 7) is 15.3. The number of nitrogens with zero attached hydrogens (tertiary/aromatic N) is 1. The van der Waals surface area contributed by atoms with Crippen molar-refractivity contribution in [2.24, 2.45) is 5.92 Å². The Kier molecular flexibility index (Phi) is 5.87. The average molecular weight is 309 g/mol. The number of thiophene rings is 1. The van der Waals surface area contributed by atoms with Crippen LogP contribution in [0.1, 0.15) is 52.3 Å². The molecule has 2 unspecified atom stereocenters.